The van der Waals surface area contributed by atoms with E-state index < -0.39 is 10.7 Å². The molecule has 1 aromatic heterocycles. The van der Waals surface area contributed by atoms with Crippen molar-refractivity contribution in [2.45, 2.75) is 6.92 Å². The minimum absolute atomic E-state index is 0.0817. The van der Waals surface area contributed by atoms with Crippen molar-refractivity contribution in [1.82, 2.24) is 9.97 Å². The lowest BCUT2D eigenvalue weighted by atomic mass is 10.3. The summed E-state index contributed by atoms with van der Waals surface area (Å²) in [6.07, 6.45) is 0. The van der Waals surface area contributed by atoms with Gasteiger partial charge in [-0.3, -0.25) is 10.1 Å². The summed E-state index contributed by atoms with van der Waals surface area (Å²) in [5.74, 6) is -0.689. The zero-order valence-electron chi connectivity index (χ0n) is 10.2. The molecule has 0 fully saturated rings. The number of hydrogen-bond acceptors (Lipinski definition) is 6. The molecule has 1 aromatic carbocycles. The van der Waals surface area contributed by atoms with Gasteiger partial charge in [-0.15, -0.1) is 0 Å². The predicted octanol–water partition coefficient (Wildman–Crippen LogP) is 2.92. The van der Waals surface area contributed by atoms with Crippen LogP contribution in [0.15, 0.2) is 22.7 Å². The summed E-state index contributed by atoms with van der Waals surface area (Å²) in [6, 6.07) is 4.20. The molecular formula is C11H9BrFN5O2. The van der Waals surface area contributed by atoms with E-state index in [9.17, 15) is 14.5 Å². The van der Waals surface area contributed by atoms with Crippen LogP contribution in [-0.4, -0.2) is 14.9 Å². The number of halogens is 2. The number of nitrogens with two attached hydrogens (primary N) is 1. The van der Waals surface area contributed by atoms with Gasteiger partial charge in [-0.1, -0.05) is 0 Å². The number of benzene rings is 1. The van der Waals surface area contributed by atoms with Crippen LogP contribution < -0.4 is 11.1 Å². The second-order valence-electron chi connectivity index (χ2n) is 3.88. The highest BCUT2D eigenvalue weighted by Crippen LogP contribution is 2.29. The van der Waals surface area contributed by atoms with Crippen LogP contribution in [0.3, 0.4) is 0 Å². The number of nitrogens with one attached hydrogen (secondary N) is 1. The lowest BCUT2D eigenvalue weighted by Gasteiger charge is -2.08. The number of rotatable bonds is 3. The molecule has 0 aliphatic rings. The minimum Gasteiger partial charge on any atom is -0.368 e. The van der Waals surface area contributed by atoms with Gasteiger partial charge in [0.1, 0.15) is 11.5 Å². The van der Waals surface area contributed by atoms with Crippen LogP contribution in [0.5, 0.6) is 0 Å². The number of nitrogens with zero attached hydrogens (tertiary/aromatic N) is 3. The highest BCUT2D eigenvalue weighted by atomic mass is 79.9. The predicted molar refractivity (Wildman–Crippen MR) is 75.2 cm³/mol. The van der Waals surface area contributed by atoms with E-state index in [1.165, 1.54) is 19.1 Å². The molecule has 0 aliphatic carbocycles. The molecule has 0 unspecified atom stereocenters. The van der Waals surface area contributed by atoms with E-state index in [2.05, 4.69) is 31.2 Å². The van der Waals surface area contributed by atoms with Gasteiger partial charge in [0.25, 0.3) is 0 Å². The summed E-state index contributed by atoms with van der Waals surface area (Å²) >= 11 is 3.02. The van der Waals surface area contributed by atoms with Crippen LogP contribution in [0.25, 0.3) is 0 Å². The molecule has 0 radical (unpaired) electrons. The van der Waals surface area contributed by atoms with Gasteiger partial charge in [0.15, 0.2) is 0 Å². The number of aryl methyl sites for hydroxylation is 1. The molecule has 0 spiro atoms. The minimum atomic E-state index is -0.619. The molecule has 0 atom stereocenters. The highest BCUT2D eigenvalue weighted by Gasteiger charge is 2.21. The van der Waals surface area contributed by atoms with E-state index >= 15 is 0 Å². The highest BCUT2D eigenvalue weighted by molar-refractivity contribution is 9.10. The fourth-order valence-corrected chi connectivity index (χ4v) is 1.85. The maximum Gasteiger partial charge on any atom is 0.332 e. The zero-order chi connectivity index (χ0) is 14.9. The molecule has 0 amide bonds. The first kappa shape index (κ1) is 14.1. The van der Waals surface area contributed by atoms with Crippen molar-refractivity contribution in [3.63, 3.8) is 0 Å². The summed E-state index contributed by atoms with van der Waals surface area (Å²) < 4.78 is 13.7. The molecule has 1 heterocycles. The molecule has 9 heteroatoms. The Balaban J connectivity index is 2.47. The first-order chi connectivity index (χ1) is 9.38. The van der Waals surface area contributed by atoms with Crippen molar-refractivity contribution in [3.8, 4) is 0 Å². The number of aromatic nitrogens is 2. The molecule has 0 bridgehead atoms. The maximum absolute atomic E-state index is 13.4. The Hall–Kier alpha value is -2.29. The first-order valence-electron chi connectivity index (χ1n) is 5.39. The first-order valence-corrected chi connectivity index (χ1v) is 6.18. The lowest BCUT2D eigenvalue weighted by Crippen LogP contribution is -2.07. The van der Waals surface area contributed by atoms with Crippen LogP contribution in [0.1, 0.15) is 5.69 Å². The van der Waals surface area contributed by atoms with E-state index in [1.807, 2.05) is 0 Å². The van der Waals surface area contributed by atoms with E-state index in [1.54, 1.807) is 6.07 Å². The summed E-state index contributed by atoms with van der Waals surface area (Å²) in [7, 11) is 0. The van der Waals surface area contributed by atoms with Crippen molar-refractivity contribution >= 4 is 39.1 Å². The third-order valence-corrected chi connectivity index (χ3v) is 3.08. The average Bonchev–Trinajstić information content (AvgIpc) is 2.32. The lowest BCUT2D eigenvalue weighted by molar-refractivity contribution is -0.385. The average molecular weight is 342 g/mol. The Bertz CT molecular complexity index is 695. The van der Waals surface area contributed by atoms with Gasteiger partial charge in [0, 0.05) is 5.69 Å². The smallest absolute Gasteiger partial charge is 0.332 e. The van der Waals surface area contributed by atoms with Gasteiger partial charge in [0.05, 0.1) is 9.40 Å². The SMILES string of the molecule is Cc1nc(N)nc(Nc2ccc(Br)c(F)c2)c1[N+](=O)[O-]. The Morgan fingerprint density at radius 3 is 2.75 bits per heavy atom. The van der Waals surface area contributed by atoms with Crippen LogP contribution >= 0.6 is 15.9 Å². The van der Waals surface area contributed by atoms with E-state index in [0.717, 1.165) is 0 Å². The van der Waals surface area contributed by atoms with Gasteiger partial charge >= 0.3 is 5.69 Å². The quantitative estimate of drug-likeness (QED) is 0.656. The molecule has 3 N–H and O–H groups in total. The fraction of sp³-hybridized carbons (Fsp3) is 0.0909. The topological polar surface area (TPSA) is 107 Å². The van der Waals surface area contributed by atoms with E-state index in [4.69, 9.17) is 5.73 Å². The van der Waals surface area contributed by atoms with Gasteiger partial charge < -0.3 is 11.1 Å². The monoisotopic (exact) mass is 341 g/mol. The maximum atomic E-state index is 13.4. The molecule has 20 heavy (non-hydrogen) atoms. The van der Waals surface area contributed by atoms with Crippen LogP contribution in [0.2, 0.25) is 0 Å². The second-order valence-corrected chi connectivity index (χ2v) is 4.73. The van der Waals surface area contributed by atoms with Crippen molar-refractivity contribution in [2.75, 3.05) is 11.1 Å². The molecule has 7 nitrogen and oxygen atoms in total. The largest absolute Gasteiger partial charge is 0.368 e. The van der Waals surface area contributed by atoms with Gasteiger partial charge in [-0.2, -0.15) is 4.98 Å². The normalized spacial score (nSPS) is 10.3. The number of anilines is 3. The van der Waals surface area contributed by atoms with Crippen LogP contribution in [-0.2, 0) is 0 Å². The molecule has 0 saturated heterocycles. The van der Waals surface area contributed by atoms with Crippen molar-refractivity contribution < 1.29 is 9.31 Å². The molecule has 0 aliphatic heterocycles. The summed E-state index contributed by atoms with van der Waals surface area (Å²) in [5.41, 5.74) is 5.61. The Morgan fingerprint density at radius 2 is 2.15 bits per heavy atom. The number of nitrogen functional groups attached to an aromatic ring is 1. The third kappa shape index (κ3) is 2.82. The standard InChI is InChI=1S/C11H9BrFN5O2/c1-5-9(18(19)20)10(17-11(14)15-5)16-6-2-3-7(12)8(13)4-6/h2-4H,1H3,(H3,14,15,16,17). The number of nitro groups is 1. The van der Waals surface area contributed by atoms with Gasteiger partial charge in [0.2, 0.25) is 11.8 Å². The Kier molecular flexibility index (Phi) is 3.79. The second kappa shape index (κ2) is 5.37. The zero-order valence-corrected chi connectivity index (χ0v) is 11.8. The van der Waals surface area contributed by atoms with Gasteiger partial charge in [-0.25, -0.2) is 9.37 Å². The number of hydrogen-bond donors (Lipinski definition) is 2. The van der Waals surface area contributed by atoms with Crippen molar-refractivity contribution in [2.24, 2.45) is 0 Å². The molecule has 2 rings (SSSR count). The van der Waals surface area contributed by atoms with E-state index in [-0.39, 0.29) is 27.6 Å². The Labute approximate surface area is 121 Å². The molecule has 104 valence electrons. The van der Waals surface area contributed by atoms with Crippen LogP contribution in [0.4, 0.5) is 27.5 Å². The molecule has 2 aromatic rings. The van der Waals surface area contributed by atoms with Crippen molar-refractivity contribution in [1.29, 1.82) is 0 Å². The van der Waals surface area contributed by atoms with Gasteiger partial charge in [-0.05, 0) is 41.1 Å². The fourth-order valence-electron chi connectivity index (χ4n) is 1.60. The van der Waals surface area contributed by atoms with E-state index in [0.29, 0.717) is 5.69 Å². The Morgan fingerprint density at radius 1 is 1.45 bits per heavy atom. The summed E-state index contributed by atoms with van der Waals surface area (Å²) in [6.45, 7) is 1.45. The molecule has 0 saturated carbocycles. The summed E-state index contributed by atoms with van der Waals surface area (Å²) in [4.78, 5) is 17.9. The van der Waals surface area contributed by atoms with Crippen molar-refractivity contribution in [3.05, 3.63) is 44.3 Å². The molecular weight excluding hydrogens is 333 g/mol. The summed E-state index contributed by atoms with van der Waals surface area (Å²) in [5, 5.41) is 13.7. The third-order valence-electron chi connectivity index (χ3n) is 2.44. The van der Waals surface area contributed by atoms with Crippen LogP contribution in [0, 0.1) is 22.9 Å².